The SMILES string of the molecule is COc1cccnc1C1(O)C(=O)Nc2ccccc21. The first-order valence-corrected chi connectivity index (χ1v) is 5.80. The maximum Gasteiger partial charge on any atom is 0.267 e. The van der Waals surface area contributed by atoms with Crippen LogP contribution in [0.1, 0.15) is 11.3 Å². The number of methoxy groups -OCH3 is 1. The van der Waals surface area contributed by atoms with E-state index in [9.17, 15) is 9.90 Å². The number of hydrogen-bond donors (Lipinski definition) is 2. The van der Waals surface area contributed by atoms with E-state index in [-0.39, 0.29) is 5.69 Å². The van der Waals surface area contributed by atoms with Gasteiger partial charge >= 0.3 is 0 Å². The lowest BCUT2D eigenvalue weighted by Crippen LogP contribution is -2.36. The van der Waals surface area contributed by atoms with Crippen molar-refractivity contribution in [3.63, 3.8) is 0 Å². The molecular weight excluding hydrogens is 244 g/mol. The second-order valence-corrected chi connectivity index (χ2v) is 4.26. The Hall–Kier alpha value is -2.40. The number of para-hydroxylation sites is 1. The quantitative estimate of drug-likeness (QED) is 0.849. The molecule has 2 N–H and O–H groups in total. The van der Waals surface area contributed by atoms with Gasteiger partial charge in [-0.15, -0.1) is 0 Å². The van der Waals surface area contributed by atoms with Crippen LogP contribution in [0, 0.1) is 0 Å². The van der Waals surface area contributed by atoms with Crippen LogP contribution in [-0.2, 0) is 10.4 Å². The van der Waals surface area contributed by atoms with Crippen LogP contribution >= 0.6 is 0 Å². The first-order chi connectivity index (χ1) is 9.17. The maximum atomic E-state index is 12.2. The first-order valence-electron chi connectivity index (χ1n) is 5.80. The van der Waals surface area contributed by atoms with Crippen molar-refractivity contribution in [2.75, 3.05) is 12.4 Å². The van der Waals surface area contributed by atoms with E-state index in [1.807, 2.05) is 0 Å². The lowest BCUT2D eigenvalue weighted by molar-refractivity contribution is -0.130. The molecule has 2 aromatic rings. The van der Waals surface area contributed by atoms with Gasteiger partial charge in [0, 0.05) is 17.4 Å². The zero-order chi connectivity index (χ0) is 13.5. The maximum absolute atomic E-state index is 12.2. The van der Waals surface area contributed by atoms with E-state index in [2.05, 4.69) is 10.3 Å². The molecule has 1 amide bonds. The van der Waals surface area contributed by atoms with Gasteiger partial charge in [-0.05, 0) is 18.2 Å². The van der Waals surface area contributed by atoms with Crippen LogP contribution in [0.5, 0.6) is 5.75 Å². The second kappa shape index (κ2) is 4.07. The Morgan fingerprint density at radius 2 is 2.05 bits per heavy atom. The minimum Gasteiger partial charge on any atom is -0.495 e. The lowest BCUT2D eigenvalue weighted by atomic mass is 9.91. The summed E-state index contributed by atoms with van der Waals surface area (Å²) in [5.41, 5.74) is -0.553. The molecule has 1 aliphatic heterocycles. The molecule has 0 bridgehead atoms. The fraction of sp³-hybridized carbons (Fsp3) is 0.143. The number of aromatic nitrogens is 1. The number of amides is 1. The Kier molecular flexibility index (Phi) is 2.50. The highest BCUT2D eigenvalue weighted by molar-refractivity contribution is 6.07. The zero-order valence-corrected chi connectivity index (χ0v) is 10.3. The minimum absolute atomic E-state index is 0.194. The number of ether oxygens (including phenoxy) is 1. The summed E-state index contributed by atoms with van der Waals surface area (Å²) in [6.45, 7) is 0. The van der Waals surface area contributed by atoms with Crippen molar-refractivity contribution in [2.24, 2.45) is 0 Å². The fourth-order valence-corrected chi connectivity index (χ4v) is 2.30. The molecule has 19 heavy (non-hydrogen) atoms. The van der Waals surface area contributed by atoms with Gasteiger partial charge in [-0.1, -0.05) is 18.2 Å². The third-order valence-electron chi connectivity index (χ3n) is 3.23. The monoisotopic (exact) mass is 256 g/mol. The number of anilines is 1. The molecule has 5 heteroatoms. The summed E-state index contributed by atoms with van der Waals surface area (Å²) in [6.07, 6.45) is 1.52. The molecule has 96 valence electrons. The predicted octanol–water partition coefficient (Wildman–Crippen LogP) is 1.28. The summed E-state index contributed by atoms with van der Waals surface area (Å²) in [7, 11) is 1.47. The first kappa shape index (κ1) is 11.7. The van der Waals surface area contributed by atoms with Gasteiger partial charge in [0.2, 0.25) is 5.60 Å². The molecule has 1 aromatic carbocycles. The molecule has 0 radical (unpaired) electrons. The largest absolute Gasteiger partial charge is 0.495 e. The number of hydrogen-bond acceptors (Lipinski definition) is 4. The molecule has 1 atom stereocenters. The summed E-state index contributed by atoms with van der Waals surface area (Å²) >= 11 is 0. The van der Waals surface area contributed by atoms with Gasteiger partial charge < -0.3 is 15.2 Å². The number of benzene rings is 1. The Morgan fingerprint density at radius 3 is 2.84 bits per heavy atom. The van der Waals surface area contributed by atoms with E-state index in [4.69, 9.17) is 4.74 Å². The lowest BCUT2D eigenvalue weighted by Gasteiger charge is -2.22. The van der Waals surface area contributed by atoms with E-state index in [1.165, 1.54) is 13.3 Å². The number of rotatable bonds is 2. The van der Waals surface area contributed by atoms with Crippen LogP contribution in [0.15, 0.2) is 42.6 Å². The van der Waals surface area contributed by atoms with Crippen LogP contribution in [0.4, 0.5) is 5.69 Å². The van der Waals surface area contributed by atoms with Crippen molar-refractivity contribution in [2.45, 2.75) is 5.60 Å². The smallest absolute Gasteiger partial charge is 0.267 e. The van der Waals surface area contributed by atoms with Crippen molar-refractivity contribution in [1.82, 2.24) is 4.98 Å². The molecule has 0 fully saturated rings. The van der Waals surface area contributed by atoms with Crippen LogP contribution in [0.3, 0.4) is 0 Å². The molecule has 0 saturated heterocycles. The Morgan fingerprint density at radius 1 is 1.26 bits per heavy atom. The molecule has 1 aliphatic rings. The highest BCUT2D eigenvalue weighted by Crippen LogP contribution is 2.42. The van der Waals surface area contributed by atoms with Crippen molar-refractivity contribution in [1.29, 1.82) is 0 Å². The number of carbonyl (C=O) groups is 1. The summed E-state index contributed by atoms with van der Waals surface area (Å²) < 4.78 is 5.18. The number of carbonyl (C=O) groups excluding carboxylic acids is 1. The predicted molar refractivity (Wildman–Crippen MR) is 68.9 cm³/mol. The van der Waals surface area contributed by atoms with Gasteiger partial charge in [0.15, 0.2) is 0 Å². The summed E-state index contributed by atoms with van der Waals surface area (Å²) in [4.78, 5) is 16.3. The summed E-state index contributed by atoms with van der Waals surface area (Å²) in [5.74, 6) is -0.150. The molecule has 1 unspecified atom stereocenters. The Balaban J connectivity index is 2.26. The minimum atomic E-state index is -1.82. The number of nitrogens with one attached hydrogen (secondary N) is 1. The van der Waals surface area contributed by atoms with Crippen molar-refractivity contribution >= 4 is 11.6 Å². The summed E-state index contributed by atoms with van der Waals surface area (Å²) in [6, 6.07) is 10.3. The fourth-order valence-electron chi connectivity index (χ4n) is 2.30. The highest BCUT2D eigenvalue weighted by atomic mass is 16.5. The molecule has 0 spiro atoms. The van der Waals surface area contributed by atoms with Gasteiger partial charge in [-0.3, -0.25) is 9.78 Å². The number of aliphatic hydroxyl groups is 1. The molecule has 5 nitrogen and oxygen atoms in total. The third kappa shape index (κ3) is 1.52. The number of nitrogens with zero attached hydrogens (tertiary/aromatic N) is 1. The van der Waals surface area contributed by atoms with Gasteiger partial charge in [0.1, 0.15) is 11.4 Å². The third-order valence-corrected chi connectivity index (χ3v) is 3.23. The molecular formula is C14H12N2O3. The average molecular weight is 256 g/mol. The topological polar surface area (TPSA) is 71.5 Å². The van der Waals surface area contributed by atoms with E-state index in [1.54, 1.807) is 36.4 Å². The van der Waals surface area contributed by atoms with E-state index >= 15 is 0 Å². The van der Waals surface area contributed by atoms with Gasteiger partial charge in [-0.2, -0.15) is 0 Å². The average Bonchev–Trinajstić information content (AvgIpc) is 2.72. The van der Waals surface area contributed by atoms with Crippen LogP contribution < -0.4 is 10.1 Å². The molecule has 1 aromatic heterocycles. The molecule has 0 saturated carbocycles. The van der Waals surface area contributed by atoms with E-state index in [0.29, 0.717) is 17.0 Å². The Bertz CT molecular complexity index is 657. The highest BCUT2D eigenvalue weighted by Gasteiger charge is 2.49. The van der Waals surface area contributed by atoms with E-state index in [0.717, 1.165) is 0 Å². The van der Waals surface area contributed by atoms with Gasteiger partial charge in [0.25, 0.3) is 5.91 Å². The molecule has 2 heterocycles. The normalized spacial score (nSPS) is 20.8. The van der Waals surface area contributed by atoms with Crippen LogP contribution in [-0.4, -0.2) is 23.1 Å². The Labute approximate surface area is 109 Å². The van der Waals surface area contributed by atoms with Crippen LogP contribution in [0.25, 0.3) is 0 Å². The number of fused-ring (bicyclic) bond motifs is 1. The molecule has 0 aliphatic carbocycles. The summed E-state index contributed by atoms with van der Waals surface area (Å²) in [5, 5.41) is 13.5. The number of pyridine rings is 1. The van der Waals surface area contributed by atoms with Crippen LogP contribution in [0.2, 0.25) is 0 Å². The standard InChI is InChI=1S/C14H12N2O3/c1-19-11-7-4-8-15-12(11)14(18)9-5-2-3-6-10(9)16-13(14)17/h2-8,18H,1H3,(H,16,17). The van der Waals surface area contributed by atoms with E-state index < -0.39 is 11.5 Å². The second-order valence-electron chi connectivity index (χ2n) is 4.26. The van der Waals surface area contributed by atoms with Crippen molar-refractivity contribution < 1.29 is 14.6 Å². The van der Waals surface area contributed by atoms with Crippen molar-refractivity contribution in [3.8, 4) is 5.75 Å². The van der Waals surface area contributed by atoms with Gasteiger partial charge in [0.05, 0.1) is 7.11 Å². The zero-order valence-electron chi connectivity index (χ0n) is 10.3. The van der Waals surface area contributed by atoms with Gasteiger partial charge in [-0.25, -0.2) is 0 Å². The molecule has 3 rings (SSSR count). The van der Waals surface area contributed by atoms with Crippen molar-refractivity contribution in [3.05, 3.63) is 53.9 Å².